The molecule has 0 radical (unpaired) electrons. The van der Waals surface area contributed by atoms with Crippen molar-refractivity contribution in [2.75, 3.05) is 6.54 Å². The minimum Gasteiger partial charge on any atom is -0.463 e. The van der Waals surface area contributed by atoms with Gasteiger partial charge in [-0.05, 0) is 24.4 Å². The van der Waals surface area contributed by atoms with E-state index in [-0.39, 0.29) is 39.5 Å². The number of nitrogens with zero attached hydrogens (tertiary/aromatic N) is 2. The summed E-state index contributed by atoms with van der Waals surface area (Å²) in [6, 6.07) is 3.58. The minimum absolute atomic E-state index is 0.0410. The van der Waals surface area contributed by atoms with Crippen LogP contribution in [0.25, 0.3) is 17.0 Å². The Labute approximate surface area is 156 Å². The van der Waals surface area contributed by atoms with Gasteiger partial charge in [0, 0.05) is 18.7 Å². The Bertz CT molecular complexity index is 1120. The largest absolute Gasteiger partial charge is 0.463 e. The van der Waals surface area contributed by atoms with Gasteiger partial charge in [0.05, 0.1) is 15.9 Å². The fraction of sp³-hybridized carbons (Fsp3) is 0.0588. The second kappa shape index (κ2) is 6.92. The number of thiocarbonyl (C=S) groups is 1. The number of rotatable bonds is 4. The average Bonchev–Trinajstić information content (AvgIpc) is 2.63. The lowest BCUT2D eigenvalue weighted by atomic mass is 10.1. The van der Waals surface area contributed by atoms with Gasteiger partial charge in [-0.15, -0.1) is 6.58 Å². The summed E-state index contributed by atoms with van der Waals surface area (Å²) in [7, 11) is 0. The highest BCUT2D eigenvalue weighted by molar-refractivity contribution is 7.80. The summed E-state index contributed by atoms with van der Waals surface area (Å²) < 4.78 is 5.30. The van der Waals surface area contributed by atoms with E-state index in [1.54, 1.807) is 0 Å². The third kappa shape index (κ3) is 3.25. The van der Waals surface area contributed by atoms with Gasteiger partial charge < -0.3 is 4.42 Å². The van der Waals surface area contributed by atoms with E-state index in [0.29, 0.717) is 0 Å². The zero-order chi connectivity index (χ0) is 19.7. The molecular formula is C17H11N3O6S. The Kier molecular flexibility index (Phi) is 4.65. The molecule has 2 heterocycles. The number of carbonyl (C=O) groups is 2. The number of nitrogens with one attached hydrogen (secondary N) is 1. The van der Waals surface area contributed by atoms with E-state index in [2.05, 4.69) is 11.9 Å². The molecule has 2 aromatic rings. The second-order valence-electron chi connectivity index (χ2n) is 5.48. The fourth-order valence-corrected chi connectivity index (χ4v) is 2.74. The van der Waals surface area contributed by atoms with Crippen molar-refractivity contribution < 1.29 is 18.9 Å². The molecule has 136 valence electrons. The molecule has 27 heavy (non-hydrogen) atoms. The third-order valence-corrected chi connectivity index (χ3v) is 4.11. The molecule has 0 saturated carbocycles. The number of carbonyl (C=O) groups excluding carboxylic acids is 2. The predicted octanol–water partition coefficient (Wildman–Crippen LogP) is 1.51. The molecule has 1 N–H and O–H groups in total. The van der Waals surface area contributed by atoms with Gasteiger partial charge in [0.2, 0.25) is 0 Å². The normalized spacial score (nSPS) is 15.9. The molecule has 9 nitrogen and oxygen atoms in total. The molecule has 2 amide bonds. The van der Waals surface area contributed by atoms with Crippen LogP contribution in [0.4, 0.5) is 5.69 Å². The molecule has 1 saturated heterocycles. The van der Waals surface area contributed by atoms with E-state index in [1.165, 1.54) is 18.2 Å². The SMILES string of the molecule is C=CCN1C(=O)C(=Cc2coc3ccc([N+](=O)[O-])cc3c2=O)C(=O)NC1=S. The van der Waals surface area contributed by atoms with Crippen LogP contribution in [0.3, 0.4) is 0 Å². The van der Waals surface area contributed by atoms with Crippen molar-refractivity contribution in [3.05, 3.63) is 68.6 Å². The van der Waals surface area contributed by atoms with Crippen molar-refractivity contribution in [1.82, 2.24) is 10.2 Å². The summed E-state index contributed by atoms with van der Waals surface area (Å²) in [6.07, 6.45) is 3.58. The fourth-order valence-electron chi connectivity index (χ4n) is 2.49. The van der Waals surface area contributed by atoms with Crippen LogP contribution >= 0.6 is 12.2 Å². The summed E-state index contributed by atoms with van der Waals surface area (Å²) in [5, 5.41) is 13.2. The van der Waals surface area contributed by atoms with Crippen LogP contribution in [0.1, 0.15) is 5.56 Å². The van der Waals surface area contributed by atoms with E-state index in [4.69, 9.17) is 16.6 Å². The minimum atomic E-state index is -0.760. The highest BCUT2D eigenvalue weighted by atomic mass is 32.1. The number of benzene rings is 1. The Morgan fingerprint density at radius 1 is 1.33 bits per heavy atom. The van der Waals surface area contributed by atoms with Gasteiger partial charge in [-0.25, -0.2) is 0 Å². The topological polar surface area (TPSA) is 123 Å². The van der Waals surface area contributed by atoms with Crippen LogP contribution < -0.4 is 10.7 Å². The average molecular weight is 385 g/mol. The molecule has 0 bridgehead atoms. The molecule has 0 unspecified atom stereocenters. The van der Waals surface area contributed by atoms with Gasteiger partial charge >= 0.3 is 0 Å². The Morgan fingerprint density at radius 3 is 2.74 bits per heavy atom. The maximum atomic E-state index is 12.6. The summed E-state index contributed by atoms with van der Waals surface area (Å²) in [4.78, 5) is 48.6. The maximum Gasteiger partial charge on any atom is 0.270 e. The molecule has 1 aliphatic rings. The van der Waals surface area contributed by atoms with E-state index in [0.717, 1.165) is 23.3 Å². The van der Waals surface area contributed by atoms with Crippen LogP contribution in [0.15, 0.2) is 51.9 Å². The van der Waals surface area contributed by atoms with Gasteiger partial charge in [0.1, 0.15) is 17.4 Å². The van der Waals surface area contributed by atoms with Crippen LogP contribution in [-0.2, 0) is 9.59 Å². The Morgan fingerprint density at radius 2 is 2.07 bits per heavy atom. The number of nitro groups is 1. The smallest absolute Gasteiger partial charge is 0.270 e. The van der Waals surface area contributed by atoms with Gasteiger partial charge in [-0.3, -0.25) is 34.7 Å². The first-order valence-corrected chi connectivity index (χ1v) is 7.94. The van der Waals surface area contributed by atoms with Crippen LogP contribution in [0.5, 0.6) is 0 Å². The highest BCUT2D eigenvalue weighted by Crippen LogP contribution is 2.20. The molecule has 10 heteroatoms. The van der Waals surface area contributed by atoms with Gasteiger partial charge in [-0.1, -0.05) is 6.08 Å². The van der Waals surface area contributed by atoms with Crippen LogP contribution in [-0.4, -0.2) is 33.3 Å². The zero-order valence-electron chi connectivity index (χ0n) is 13.6. The predicted molar refractivity (Wildman–Crippen MR) is 99.8 cm³/mol. The second-order valence-corrected chi connectivity index (χ2v) is 5.87. The van der Waals surface area contributed by atoms with Gasteiger partial charge in [0.15, 0.2) is 10.5 Å². The van der Waals surface area contributed by atoms with Crippen LogP contribution in [0, 0.1) is 10.1 Å². The number of amides is 2. The van der Waals surface area contributed by atoms with E-state index in [1.807, 2.05) is 0 Å². The lowest BCUT2D eigenvalue weighted by Crippen LogP contribution is -2.53. The zero-order valence-corrected chi connectivity index (χ0v) is 14.4. The number of fused-ring (bicyclic) bond motifs is 1. The van der Waals surface area contributed by atoms with Gasteiger partial charge in [0.25, 0.3) is 17.5 Å². The summed E-state index contributed by atoms with van der Waals surface area (Å²) in [5.74, 6) is -1.45. The van der Waals surface area contributed by atoms with Crippen molar-refractivity contribution in [1.29, 1.82) is 0 Å². The monoisotopic (exact) mass is 385 g/mol. The summed E-state index contributed by atoms with van der Waals surface area (Å²) in [6.45, 7) is 3.59. The molecular weight excluding hydrogens is 374 g/mol. The van der Waals surface area contributed by atoms with E-state index in [9.17, 15) is 24.5 Å². The molecule has 0 atom stereocenters. The Hall–Kier alpha value is -3.66. The molecule has 1 aliphatic heterocycles. The van der Waals surface area contributed by atoms with Crippen molar-refractivity contribution in [3.63, 3.8) is 0 Å². The van der Waals surface area contributed by atoms with Crippen molar-refractivity contribution in [2.45, 2.75) is 0 Å². The molecule has 1 fully saturated rings. The molecule has 0 aliphatic carbocycles. The highest BCUT2D eigenvalue weighted by Gasteiger charge is 2.32. The first kappa shape index (κ1) is 18.1. The van der Waals surface area contributed by atoms with Crippen molar-refractivity contribution >= 4 is 51.9 Å². The molecule has 3 rings (SSSR count). The summed E-state index contributed by atoms with van der Waals surface area (Å²) >= 11 is 4.95. The molecule has 1 aromatic carbocycles. The maximum absolute atomic E-state index is 12.6. The first-order valence-electron chi connectivity index (χ1n) is 7.53. The number of hydrogen-bond donors (Lipinski definition) is 1. The first-order chi connectivity index (χ1) is 12.8. The van der Waals surface area contributed by atoms with Crippen molar-refractivity contribution in [2.24, 2.45) is 0 Å². The lowest BCUT2D eigenvalue weighted by molar-refractivity contribution is -0.384. The number of hydrogen-bond acceptors (Lipinski definition) is 7. The standard InChI is InChI=1S/C17H11N3O6S/c1-2-5-19-16(23)12(15(22)18-17(19)27)6-9-8-26-13-4-3-10(20(24)25)7-11(13)14(9)21/h2-4,6-8H,1,5H2,(H,18,22,27). The van der Waals surface area contributed by atoms with E-state index >= 15 is 0 Å². The van der Waals surface area contributed by atoms with Crippen molar-refractivity contribution in [3.8, 4) is 0 Å². The molecule has 0 spiro atoms. The lowest BCUT2D eigenvalue weighted by Gasteiger charge is -2.27. The third-order valence-electron chi connectivity index (χ3n) is 3.79. The van der Waals surface area contributed by atoms with Gasteiger partial charge in [-0.2, -0.15) is 0 Å². The quantitative estimate of drug-likeness (QED) is 0.211. The van der Waals surface area contributed by atoms with E-state index < -0.39 is 22.2 Å². The Balaban J connectivity index is 2.12. The molecule has 1 aromatic heterocycles. The summed E-state index contributed by atoms with van der Waals surface area (Å²) in [5.41, 5.74) is -1.18. The number of non-ortho nitro benzene ring substituents is 1. The number of nitro benzene ring substituents is 1. The van der Waals surface area contributed by atoms with Crippen LogP contribution in [0.2, 0.25) is 0 Å².